The van der Waals surface area contributed by atoms with Crippen molar-refractivity contribution < 1.29 is 0 Å². The Labute approximate surface area is 130 Å². The minimum Gasteiger partial charge on any atom is -0.310 e. The van der Waals surface area contributed by atoms with Crippen LogP contribution in [0.4, 0.5) is 0 Å². The summed E-state index contributed by atoms with van der Waals surface area (Å²) in [6, 6.07) is 6.63. The molecule has 2 rings (SSSR count). The summed E-state index contributed by atoms with van der Waals surface area (Å²) in [5, 5.41) is 4.51. The van der Waals surface area contributed by atoms with Crippen LogP contribution >= 0.6 is 27.5 Å². The molecule has 0 heterocycles. The molecule has 1 atom stereocenters. The number of hydrogen-bond donors (Lipinski definition) is 1. The average Bonchev–Trinajstić information content (AvgIpc) is 2.68. The molecule has 1 aliphatic rings. The molecule has 1 nitrogen and oxygen atoms in total. The number of rotatable bonds is 4. The highest BCUT2D eigenvalue weighted by atomic mass is 79.9. The Kier molecular flexibility index (Phi) is 6.18. The van der Waals surface area contributed by atoms with Crippen LogP contribution in [0.3, 0.4) is 0 Å². The zero-order chi connectivity index (χ0) is 13.7. The van der Waals surface area contributed by atoms with Gasteiger partial charge in [0.1, 0.15) is 0 Å². The van der Waals surface area contributed by atoms with Crippen molar-refractivity contribution in [1.29, 1.82) is 0 Å². The lowest BCUT2D eigenvalue weighted by molar-refractivity contribution is 0.336. The maximum Gasteiger partial charge on any atom is 0.0451 e. The quantitative estimate of drug-likeness (QED) is 0.706. The van der Waals surface area contributed by atoms with Crippen LogP contribution < -0.4 is 5.32 Å². The Morgan fingerprint density at radius 1 is 1.26 bits per heavy atom. The fraction of sp³-hybridized carbons (Fsp3) is 0.625. The maximum absolute atomic E-state index is 6.23. The number of benzene rings is 1. The smallest absolute Gasteiger partial charge is 0.0451 e. The van der Waals surface area contributed by atoms with Gasteiger partial charge in [-0.15, -0.1) is 0 Å². The number of hydrogen-bond acceptors (Lipinski definition) is 1. The van der Waals surface area contributed by atoms with Crippen LogP contribution in [0, 0.1) is 5.92 Å². The normalized spacial score (nSPS) is 19.1. The summed E-state index contributed by atoms with van der Waals surface area (Å²) in [4.78, 5) is 0. The highest BCUT2D eigenvalue weighted by Gasteiger charge is 2.18. The molecule has 0 saturated heterocycles. The third kappa shape index (κ3) is 4.77. The molecule has 19 heavy (non-hydrogen) atoms. The molecule has 0 aromatic heterocycles. The Balaban J connectivity index is 1.88. The molecule has 1 aliphatic carbocycles. The third-order valence-electron chi connectivity index (χ3n) is 4.23. The van der Waals surface area contributed by atoms with Gasteiger partial charge in [0.25, 0.3) is 0 Å². The van der Waals surface area contributed by atoms with Crippen molar-refractivity contribution >= 4 is 27.5 Å². The van der Waals surface area contributed by atoms with E-state index in [1.165, 1.54) is 44.1 Å². The van der Waals surface area contributed by atoms with Gasteiger partial charge in [-0.3, -0.25) is 0 Å². The zero-order valence-electron chi connectivity index (χ0n) is 11.6. The second kappa shape index (κ2) is 7.66. The van der Waals surface area contributed by atoms with E-state index >= 15 is 0 Å². The Morgan fingerprint density at radius 3 is 2.63 bits per heavy atom. The lowest BCUT2D eigenvalue weighted by atomic mass is 9.93. The van der Waals surface area contributed by atoms with Crippen molar-refractivity contribution in [1.82, 2.24) is 5.32 Å². The van der Waals surface area contributed by atoms with Gasteiger partial charge in [-0.1, -0.05) is 53.2 Å². The Hall–Kier alpha value is -0.0500. The van der Waals surface area contributed by atoms with Crippen molar-refractivity contribution in [3.63, 3.8) is 0 Å². The molecule has 0 spiro atoms. The molecule has 0 amide bonds. The van der Waals surface area contributed by atoms with E-state index in [0.29, 0.717) is 6.04 Å². The minimum absolute atomic E-state index is 0.577. The molecule has 0 aliphatic heterocycles. The van der Waals surface area contributed by atoms with Crippen LogP contribution in [0.15, 0.2) is 22.7 Å². The fourth-order valence-corrected chi connectivity index (χ4v) is 3.52. The second-order valence-electron chi connectivity index (χ2n) is 5.66. The largest absolute Gasteiger partial charge is 0.310 e. The van der Waals surface area contributed by atoms with Crippen molar-refractivity contribution in [3.8, 4) is 0 Å². The lowest BCUT2D eigenvalue weighted by Crippen LogP contribution is -2.33. The third-order valence-corrected chi connectivity index (χ3v) is 5.09. The van der Waals surface area contributed by atoms with Gasteiger partial charge in [0.2, 0.25) is 0 Å². The van der Waals surface area contributed by atoms with Gasteiger partial charge >= 0.3 is 0 Å². The monoisotopic (exact) mass is 343 g/mol. The fourth-order valence-electron chi connectivity index (χ4n) is 2.93. The van der Waals surface area contributed by atoms with Gasteiger partial charge in [-0.25, -0.2) is 0 Å². The minimum atomic E-state index is 0.577. The first-order valence-electron chi connectivity index (χ1n) is 7.34. The van der Waals surface area contributed by atoms with Gasteiger partial charge in [-0.05, 0) is 49.4 Å². The molecule has 0 radical (unpaired) electrons. The summed E-state index contributed by atoms with van der Waals surface area (Å²) in [6.07, 6.45) is 8.38. The van der Waals surface area contributed by atoms with Crippen molar-refractivity contribution in [3.05, 3.63) is 33.3 Å². The molecule has 1 aromatic carbocycles. The lowest BCUT2D eigenvalue weighted by Gasteiger charge is -2.24. The van der Waals surface area contributed by atoms with Crippen LogP contribution in [-0.4, -0.2) is 6.04 Å². The molecular formula is C16H23BrClN. The Bertz CT molecular complexity index is 400. The van der Waals surface area contributed by atoms with Crippen molar-refractivity contribution in [2.24, 2.45) is 5.92 Å². The topological polar surface area (TPSA) is 12.0 Å². The summed E-state index contributed by atoms with van der Waals surface area (Å²) in [6.45, 7) is 3.18. The van der Waals surface area contributed by atoms with Crippen molar-refractivity contribution in [2.45, 2.75) is 58.0 Å². The van der Waals surface area contributed by atoms with Gasteiger partial charge in [0.05, 0.1) is 0 Å². The first kappa shape index (κ1) is 15.3. The van der Waals surface area contributed by atoms with Crippen LogP contribution in [0.25, 0.3) is 0 Å². The van der Waals surface area contributed by atoms with Crippen LogP contribution in [0.1, 0.15) is 51.0 Å². The standard InChI is InChI=1S/C16H23BrClN/c1-12(13-6-4-2-3-5-7-13)19-11-14-10-15(17)8-9-16(14)18/h8-10,12-13,19H,2-7,11H2,1H3/t12-/m0/s1. The molecule has 106 valence electrons. The second-order valence-corrected chi connectivity index (χ2v) is 6.98. The molecule has 0 bridgehead atoms. The highest BCUT2D eigenvalue weighted by Crippen LogP contribution is 2.26. The molecule has 3 heteroatoms. The van der Waals surface area contributed by atoms with E-state index in [-0.39, 0.29) is 0 Å². The van der Waals surface area contributed by atoms with E-state index in [0.717, 1.165) is 22.0 Å². The SMILES string of the molecule is C[C@H](NCc1cc(Br)ccc1Cl)C1CCCCCC1. The Morgan fingerprint density at radius 2 is 1.95 bits per heavy atom. The summed E-state index contributed by atoms with van der Waals surface area (Å²) >= 11 is 9.73. The molecule has 1 aromatic rings. The van der Waals surface area contributed by atoms with Gasteiger partial charge < -0.3 is 5.32 Å². The van der Waals surface area contributed by atoms with Crippen LogP contribution in [-0.2, 0) is 6.54 Å². The molecule has 1 N–H and O–H groups in total. The summed E-state index contributed by atoms with van der Waals surface area (Å²) in [5.41, 5.74) is 1.18. The van der Waals surface area contributed by atoms with Gasteiger partial charge in [0.15, 0.2) is 0 Å². The van der Waals surface area contributed by atoms with Crippen molar-refractivity contribution in [2.75, 3.05) is 0 Å². The molecular weight excluding hydrogens is 322 g/mol. The number of halogens is 2. The molecule has 1 saturated carbocycles. The van der Waals surface area contributed by atoms with Gasteiger partial charge in [0, 0.05) is 22.1 Å². The maximum atomic E-state index is 6.23. The van der Waals surface area contributed by atoms with E-state index < -0.39 is 0 Å². The summed E-state index contributed by atoms with van der Waals surface area (Å²) in [7, 11) is 0. The zero-order valence-corrected chi connectivity index (χ0v) is 13.9. The number of nitrogens with one attached hydrogen (secondary N) is 1. The molecule has 0 unspecified atom stereocenters. The first-order valence-corrected chi connectivity index (χ1v) is 8.51. The van der Waals surface area contributed by atoms with E-state index in [1.807, 2.05) is 12.1 Å². The average molecular weight is 345 g/mol. The molecule has 1 fully saturated rings. The summed E-state index contributed by atoms with van der Waals surface area (Å²) in [5.74, 6) is 0.827. The predicted molar refractivity (Wildman–Crippen MR) is 86.6 cm³/mol. The first-order chi connectivity index (χ1) is 9.16. The predicted octanol–water partition coefficient (Wildman–Crippen LogP) is 5.55. The highest BCUT2D eigenvalue weighted by molar-refractivity contribution is 9.10. The van der Waals surface area contributed by atoms with Crippen LogP contribution in [0.5, 0.6) is 0 Å². The van der Waals surface area contributed by atoms with E-state index in [4.69, 9.17) is 11.6 Å². The van der Waals surface area contributed by atoms with Crippen LogP contribution in [0.2, 0.25) is 5.02 Å². The van der Waals surface area contributed by atoms with E-state index in [2.05, 4.69) is 34.2 Å². The van der Waals surface area contributed by atoms with E-state index in [1.54, 1.807) is 0 Å². The van der Waals surface area contributed by atoms with E-state index in [9.17, 15) is 0 Å². The summed E-state index contributed by atoms with van der Waals surface area (Å²) < 4.78 is 1.09. The van der Waals surface area contributed by atoms with Gasteiger partial charge in [-0.2, -0.15) is 0 Å².